The lowest BCUT2D eigenvalue weighted by Gasteiger charge is -2.39. The highest BCUT2D eigenvalue weighted by Crippen LogP contribution is 2.39. The number of benzene rings is 1. The van der Waals surface area contributed by atoms with E-state index >= 15 is 0 Å². The van der Waals surface area contributed by atoms with E-state index in [0.717, 1.165) is 11.1 Å². The van der Waals surface area contributed by atoms with Gasteiger partial charge in [0.15, 0.2) is 0 Å². The van der Waals surface area contributed by atoms with E-state index in [4.69, 9.17) is 4.74 Å². The first-order valence-corrected chi connectivity index (χ1v) is 7.05. The smallest absolute Gasteiger partial charge is 0.447 e. The van der Waals surface area contributed by atoms with Gasteiger partial charge < -0.3 is 4.74 Å². The molecule has 0 fully saturated rings. The zero-order valence-electron chi connectivity index (χ0n) is 12.8. The first-order valence-electron chi connectivity index (χ1n) is 7.05. The first kappa shape index (κ1) is 14.5. The third kappa shape index (κ3) is 2.05. The highest BCUT2D eigenvalue weighted by Gasteiger charge is 2.64. The Morgan fingerprint density at radius 3 is 2.68 bits per heavy atom. The number of aliphatic imine (C=N–C) groups is 1. The van der Waals surface area contributed by atoms with Crippen LogP contribution < -0.4 is 0 Å². The number of nitrogens with zero attached hydrogens (tertiary/aromatic N) is 4. The van der Waals surface area contributed by atoms with E-state index < -0.39 is 11.9 Å². The molecule has 2 atom stereocenters. The van der Waals surface area contributed by atoms with Crippen LogP contribution in [0, 0.1) is 10.1 Å². The van der Waals surface area contributed by atoms with Gasteiger partial charge in [-0.05, 0) is 19.1 Å². The summed E-state index contributed by atoms with van der Waals surface area (Å²) in [7, 11) is 3.51. The average molecular weight is 302 g/mol. The number of fused-ring (bicyclic) bond motifs is 1. The molecule has 1 aromatic rings. The molecule has 0 N–H and O–H groups in total. The molecule has 0 unspecified atom stereocenters. The summed E-state index contributed by atoms with van der Waals surface area (Å²) < 4.78 is 5.87. The predicted octanol–water partition coefficient (Wildman–Crippen LogP) is 1.85. The molecular weight excluding hydrogens is 284 g/mol. The number of hydrazine groups is 1. The van der Waals surface area contributed by atoms with Crippen molar-refractivity contribution in [1.82, 2.24) is 10.0 Å². The zero-order chi connectivity index (χ0) is 15.9. The van der Waals surface area contributed by atoms with E-state index in [1.165, 1.54) is 5.01 Å². The Morgan fingerprint density at radius 2 is 2.09 bits per heavy atom. The molecule has 0 aliphatic carbocycles. The van der Waals surface area contributed by atoms with Gasteiger partial charge in [-0.25, -0.2) is 10.0 Å². The minimum Gasteiger partial charge on any atom is -0.461 e. The maximum atomic E-state index is 11.9. The van der Waals surface area contributed by atoms with Gasteiger partial charge in [0.2, 0.25) is 12.0 Å². The lowest BCUT2D eigenvalue weighted by molar-refractivity contribution is -0.616. The normalized spacial score (nSPS) is 27.1. The standard InChI is InChI=1S/C15H18N4O3/c1-11-9-13-15(19(20)21,18(10-11)17(2)3)16-14(22-13)12-7-5-4-6-8-12/h4-8,10,13H,9H2,1-3H3/t13-,15-/m1/s1. The van der Waals surface area contributed by atoms with Crippen molar-refractivity contribution < 1.29 is 9.66 Å². The van der Waals surface area contributed by atoms with Crippen molar-refractivity contribution in [3.05, 3.63) is 57.8 Å². The minimum absolute atomic E-state index is 0.317. The summed E-state index contributed by atoms with van der Waals surface area (Å²) in [6.07, 6.45) is 1.59. The number of hydrogen-bond acceptors (Lipinski definition) is 6. The topological polar surface area (TPSA) is 71.2 Å². The van der Waals surface area contributed by atoms with Crippen LogP contribution in [0.15, 0.2) is 47.1 Å². The number of ether oxygens (including phenoxy) is 1. The van der Waals surface area contributed by atoms with Gasteiger partial charge in [0.25, 0.3) is 0 Å². The molecule has 22 heavy (non-hydrogen) atoms. The van der Waals surface area contributed by atoms with Crippen LogP contribution in [0.1, 0.15) is 18.9 Å². The molecule has 2 aliphatic rings. The second-order valence-electron chi connectivity index (χ2n) is 5.71. The minimum atomic E-state index is -1.64. The Hall–Kier alpha value is -2.41. The van der Waals surface area contributed by atoms with Gasteiger partial charge in [-0.2, -0.15) is 0 Å². The van der Waals surface area contributed by atoms with Crippen LogP contribution in [0.4, 0.5) is 0 Å². The van der Waals surface area contributed by atoms with Crippen molar-refractivity contribution in [3.63, 3.8) is 0 Å². The van der Waals surface area contributed by atoms with Crippen LogP contribution in [0.5, 0.6) is 0 Å². The quantitative estimate of drug-likeness (QED) is 0.629. The van der Waals surface area contributed by atoms with Crippen molar-refractivity contribution in [2.24, 2.45) is 4.99 Å². The number of nitro groups is 1. The van der Waals surface area contributed by atoms with Gasteiger partial charge in [0.05, 0.1) is 4.92 Å². The molecular formula is C15H18N4O3. The van der Waals surface area contributed by atoms with Gasteiger partial charge >= 0.3 is 5.79 Å². The molecule has 0 amide bonds. The van der Waals surface area contributed by atoms with E-state index in [-0.39, 0.29) is 4.92 Å². The maximum Gasteiger partial charge on any atom is 0.447 e. The van der Waals surface area contributed by atoms with E-state index in [2.05, 4.69) is 4.99 Å². The van der Waals surface area contributed by atoms with Crippen LogP contribution in [-0.2, 0) is 4.74 Å². The summed E-state index contributed by atoms with van der Waals surface area (Å²) >= 11 is 0. The third-order valence-electron chi connectivity index (χ3n) is 3.86. The fraction of sp³-hybridized carbons (Fsp3) is 0.400. The van der Waals surface area contributed by atoms with Crippen molar-refractivity contribution in [3.8, 4) is 0 Å². The molecule has 2 heterocycles. The Labute approximate surface area is 128 Å². The van der Waals surface area contributed by atoms with Gasteiger partial charge in [0.1, 0.15) is 0 Å². The van der Waals surface area contributed by atoms with E-state index in [1.54, 1.807) is 25.3 Å². The van der Waals surface area contributed by atoms with Crippen LogP contribution in [-0.4, -0.2) is 46.8 Å². The summed E-state index contributed by atoms with van der Waals surface area (Å²) in [4.78, 5) is 15.9. The van der Waals surface area contributed by atoms with Crippen LogP contribution >= 0.6 is 0 Å². The first-order chi connectivity index (χ1) is 10.4. The van der Waals surface area contributed by atoms with Gasteiger partial charge in [-0.3, -0.25) is 10.1 Å². The van der Waals surface area contributed by atoms with E-state index in [0.29, 0.717) is 12.3 Å². The van der Waals surface area contributed by atoms with Crippen molar-refractivity contribution in [2.45, 2.75) is 25.2 Å². The Balaban J connectivity index is 2.11. The summed E-state index contributed by atoms with van der Waals surface area (Å²) in [5, 5.41) is 15.1. The molecule has 7 nitrogen and oxygen atoms in total. The summed E-state index contributed by atoms with van der Waals surface area (Å²) in [5.74, 6) is -1.33. The average Bonchev–Trinajstić information content (AvgIpc) is 2.87. The van der Waals surface area contributed by atoms with Crippen LogP contribution in [0.3, 0.4) is 0 Å². The molecule has 7 heteroatoms. The van der Waals surface area contributed by atoms with Gasteiger partial charge in [-0.1, -0.05) is 23.8 Å². The fourth-order valence-corrected chi connectivity index (χ4v) is 2.85. The summed E-state index contributed by atoms with van der Waals surface area (Å²) in [5.41, 5.74) is 1.76. The highest BCUT2D eigenvalue weighted by molar-refractivity contribution is 5.95. The second kappa shape index (κ2) is 5.10. The third-order valence-corrected chi connectivity index (χ3v) is 3.86. The number of hydrogen-bond donors (Lipinski definition) is 0. The molecule has 3 rings (SSSR count). The summed E-state index contributed by atoms with van der Waals surface area (Å²) in [6, 6.07) is 9.27. The SMILES string of the molecule is CC1=CN(N(C)C)[C@]2([N+](=O)[O-])N=C(c3ccccc3)O[C@@H]2C1. The molecule has 116 valence electrons. The van der Waals surface area contributed by atoms with Crippen LogP contribution in [0.25, 0.3) is 0 Å². The molecule has 0 bridgehead atoms. The molecule has 2 aliphatic heterocycles. The van der Waals surface area contributed by atoms with Gasteiger partial charge in [-0.15, -0.1) is 4.99 Å². The predicted molar refractivity (Wildman–Crippen MR) is 81.5 cm³/mol. The highest BCUT2D eigenvalue weighted by atomic mass is 16.7. The zero-order valence-corrected chi connectivity index (χ0v) is 12.8. The number of rotatable bonds is 3. The molecule has 0 aromatic heterocycles. The Bertz CT molecular complexity index is 656. The molecule has 0 saturated carbocycles. The second-order valence-corrected chi connectivity index (χ2v) is 5.71. The van der Waals surface area contributed by atoms with E-state index in [9.17, 15) is 10.1 Å². The van der Waals surface area contributed by atoms with Crippen LogP contribution in [0.2, 0.25) is 0 Å². The van der Waals surface area contributed by atoms with Crippen molar-refractivity contribution >= 4 is 5.90 Å². The maximum absolute atomic E-state index is 11.9. The molecule has 0 saturated heterocycles. The van der Waals surface area contributed by atoms with Crippen molar-refractivity contribution in [2.75, 3.05) is 14.1 Å². The monoisotopic (exact) mass is 302 g/mol. The summed E-state index contributed by atoms with van der Waals surface area (Å²) in [6.45, 7) is 1.93. The molecule has 1 aromatic carbocycles. The Morgan fingerprint density at radius 1 is 1.41 bits per heavy atom. The van der Waals surface area contributed by atoms with Crippen molar-refractivity contribution in [1.29, 1.82) is 0 Å². The lowest BCUT2D eigenvalue weighted by atomic mass is 10.0. The fourth-order valence-electron chi connectivity index (χ4n) is 2.85. The van der Waals surface area contributed by atoms with Gasteiger partial charge in [0, 0.05) is 32.3 Å². The lowest BCUT2D eigenvalue weighted by Crippen LogP contribution is -2.62. The Kier molecular flexibility index (Phi) is 3.37. The van der Waals surface area contributed by atoms with E-state index in [1.807, 2.05) is 37.3 Å². The molecule has 0 radical (unpaired) electrons. The molecule has 0 spiro atoms. The largest absolute Gasteiger partial charge is 0.461 e.